The van der Waals surface area contributed by atoms with Crippen molar-refractivity contribution in [1.82, 2.24) is 0 Å². The Balaban J connectivity index is 1.64. The van der Waals surface area contributed by atoms with Gasteiger partial charge in [0.05, 0.1) is 13.5 Å². The van der Waals surface area contributed by atoms with Gasteiger partial charge < -0.3 is 15.0 Å². The molecule has 0 saturated carbocycles. The molecule has 0 bridgehead atoms. The van der Waals surface area contributed by atoms with Gasteiger partial charge in [-0.1, -0.05) is 12.1 Å². The summed E-state index contributed by atoms with van der Waals surface area (Å²) in [5.41, 5.74) is 4.27. The van der Waals surface area contributed by atoms with E-state index in [-0.39, 0.29) is 5.91 Å². The molecule has 4 heteroatoms. The van der Waals surface area contributed by atoms with Crippen molar-refractivity contribution in [2.75, 3.05) is 30.4 Å². The number of nitrogens with zero attached hydrogens (tertiary/aromatic N) is 1. The molecule has 0 aromatic heterocycles. The van der Waals surface area contributed by atoms with Crippen LogP contribution in [0.4, 0.5) is 11.4 Å². The fraction of sp³-hybridized carbons (Fsp3) is 0.350. The summed E-state index contributed by atoms with van der Waals surface area (Å²) in [4.78, 5) is 14.7. The highest BCUT2D eigenvalue weighted by atomic mass is 16.5. The number of anilines is 2. The third kappa shape index (κ3) is 3.88. The van der Waals surface area contributed by atoms with Crippen LogP contribution in [0.2, 0.25) is 0 Å². The van der Waals surface area contributed by atoms with Crippen LogP contribution in [0.3, 0.4) is 0 Å². The van der Waals surface area contributed by atoms with Crippen LogP contribution in [-0.2, 0) is 11.2 Å². The Morgan fingerprint density at radius 3 is 2.67 bits per heavy atom. The summed E-state index contributed by atoms with van der Waals surface area (Å²) in [6.07, 6.45) is 2.86. The van der Waals surface area contributed by atoms with E-state index in [9.17, 15) is 4.79 Å². The summed E-state index contributed by atoms with van der Waals surface area (Å²) in [5, 5.41) is 2.99. The van der Waals surface area contributed by atoms with Gasteiger partial charge in [0, 0.05) is 24.5 Å². The first kappa shape index (κ1) is 16.4. The van der Waals surface area contributed by atoms with Crippen molar-refractivity contribution >= 4 is 17.3 Å². The molecule has 1 N–H and O–H groups in total. The number of aryl methyl sites for hydroxylation is 1. The molecule has 0 radical (unpaired) electrons. The van der Waals surface area contributed by atoms with Crippen molar-refractivity contribution in [3.8, 4) is 5.75 Å². The Kier molecular flexibility index (Phi) is 5.04. The smallest absolute Gasteiger partial charge is 0.228 e. The van der Waals surface area contributed by atoms with Crippen molar-refractivity contribution in [1.29, 1.82) is 0 Å². The number of rotatable bonds is 5. The van der Waals surface area contributed by atoms with Gasteiger partial charge in [-0.2, -0.15) is 0 Å². The third-order valence-electron chi connectivity index (χ3n) is 4.43. The number of hydrogen-bond acceptors (Lipinski definition) is 3. The molecule has 126 valence electrons. The standard InChI is InChI=1S/C20H24N2O2/c1-15-12-17(8-9-19(15)22-10-3-4-11-22)21-20(23)14-16-6-5-7-18(13-16)24-2/h5-9,12-13H,3-4,10-11,14H2,1-2H3,(H,21,23). The number of carbonyl (C=O) groups excluding carboxylic acids is 1. The Morgan fingerprint density at radius 1 is 1.17 bits per heavy atom. The van der Waals surface area contributed by atoms with Gasteiger partial charge in [-0.3, -0.25) is 4.79 Å². The van der Waals surface area contributed by atoms with E-state index in [2.05, 4.69) is 29.3 Å². The normalized spacial score (nSPS) is 13.8. The van der Waals surface area contributed by atoms with E-state index >= 15 is 0 Å². The molecule has 4 nitrogen and oxygen atoms in total. The highest BCUT2D eigenvalue weighted by Gasteiger charge is 2.14. The third-order valence-corrected chi connectivity index (χ3v) is 4.43. The second-order valence-electron chi connectivity index (χ2n) is 6.27. The highest BCUT2D eigenvalue weighted by molar-refractivity contribution is 5.92. The molecule has 2 aromatic rings. The molecule has 1 fully saturated rings. The SMILES string of the molecule is COc1cccc(CC(=O)Nc2ccc(N3CCCC3)c(C)c2)c1. The van der Waals surface area contributed by atoms with Crippen LogP contribution < -0.4 is 15.0 Å². The van der Waals surface area contributed by atoms with Crippen LogP contribution in [0.1, 0.15) is 24.0 Å². The Morgan fingerprint density at radius 2 is 1.96 bits per heavy atom. The predicted molar refractivity (Wildman–Crippen MR) is 98.0 cm³/mol. The van der Waals surface area contributed by atoms with Crippen molar-refractivity contribution in [2.45, 2.75) is 26.2 Å². The molecule has 1 saturated heterocycles. The van der Waals surface area contributed by atoms with Crippen molar-refractivity contribution in [3.05, 3.63) is 53.6 Å². The predicted octanol–water partition coefficient (Wildman–Crippen LogP) is 3.79. The first-order chi connectivity index (χ1) is 11.7. The Hall–Kier alpha value is -2.49. The zero-order valence-electron chi connectivity index (χ0n) is 14.3. The molecule has 0 unspecified atom stereocenters. The topological polar surface area (TPSA) is 41.6 Å². The van der Waals surface area contributed by atoms with E-state index in [0.29, 0.717) is 6.42 Å². The molecular formula is C20H24N2O2. The van der Waals surface area contributed by atoms with Crippen LogP contribution in [0, 0.1) is 6.92 Å². The average Bonchev–Trinajstić information content (AvgIpc) is 3.09. The van der Waals surface area contributed by atoms with Gasteiger partial charge in [0.15, 0.2) is 0 Å². The minimum atomic E-state index is -0.0171. The minimum absolute atomic E-state index is 0.0171. The molecule has 1 amide bonds. The summed E-state index contributed by atoms with van der Waals surface area (Å²) in [6.45, 7) is 4.36. The van der Waals surface area contributed by atoms with E-state index < -0.39 is 0 Å². The van der Waals surface area contributed by atoms with Crippen LogP contribution in [0.5, 0.6) is 5.75 Å². The second-order valence-corrected chi connectivity index (χ2v) is 6.27. The summed E-state index contributed by atoms with van der Waals surface area (Å²) < 4.78 is 5.20. The number of amides is 1. The Labute approximate surface area is 143 Å². The van der Waals surface area contributed by atoms with Gasteiger partial charge in [-0.15, -0.1) is 0 Å². The van der Waals surface area contributed by atoms with Gasteiger partial charge in [-0.05, 0) is 61.2 Å². The van der Waals surface area contributed by atoms with Crippen LogP contribution in [0.25, 0.3) is 0 Å². The molecule has 0 atom stereocenters. The molecule has 0 spiro atoms. The lowest BCUT2D eigenvalue weighted by Crippen LogP contribution is -2.19. The monoisotopic (exact) mass is 324 g/mol. The molecule has 0 aliphatic carbocycles. The quantitative estimate of drug-likeness (QED) is 0.910. The number of carbonyl (C=O) groups is 1. The highest BCUT2D eigenvalue weighted by Crippen LogP contribution is 2.26. The van der Waals surface area contributed by atoms with E-state index in [4.69, 9.17) is 4.74 Å². The number of methoxy groups -OCH3 is 1. The molecule has 3 rings (SSSR count). The van der Waals surface area contributed by atoms with Crippen molar-refractivity contribution in [2.24, 2.45) is 0 Å². The number of benzene rings is 2. The van der Waals surface area contributed by atoms with Gasteiger partial charge >= 0.3 is 0 Å². The summed E-state index contributed by atoms with van der Waals surface area (Å²) in [7, 11) is 1.63. The van der Waals surface area contributed by atoms with Crippen molar-refractivity contribution in [3.63, 3.8) is 0 Å². The lowest BCUT2D eigenvalue weighted by Gasteiger charge is -2.20. The summed E-state index contributed by atoms with van der Waals surface area (Å²) in [6, 6.07) is 13.8. The minimum Gasteiger partial charge on any atom is -0.497 e. The first-order valence-electron chi connectivity index (χ1n) is 8.44. The fourth-order valence-corrected chi connectivity index (χ4v) is 3.22. The van der Waals surface area contributed by atoms with E-state index in [1.165, 1.54) is 24.1 Å². The fourth-order valence-electron chi connectivity index (χ4n) is 3.22. The number of ether oxygens (including phenoxy) is 1. The van der Waals surface area contributed by atoms with Crippen molar-refractivity contribution < 1.29 is 9.53 Å². The second kappa shape index (κ2) is 7.39. The van der Waals surface area contributed by atoms with Gasteiger partial charge in [-0.25, -0.2) is 0 Å². The van der Waals surface area contributed by atoms with Gasteiger partial charge in [0.2, 0.25) is 5.91 Å². The molecule has 1 aliphatic heterocycles. The zero-order chi connectivity index (χ0) is 16.9. The molecule has 24 heavy (non-hydrogen) atoms. The lowest BCUT2D eigenvalue weighted by atomic mass is 10.1. The summed E-state index contributed by atoms with van der Waals surface area (Å²) >= 11 is 0. The molecule has 2 aromatic carbocycles. The van der Waals surface area contributed by atoms with E-state index in [0.717, 1.165) is 30.1 Å². The molecular weight excluding hydrogens is 300 g/mol. The number of nitrogens with one attached hydrogen (secondary N) is 1. The lowest BCUT2D eigenvalue weighted by molar-refractivity contribution is -0.115. The summed E-state index contributed by atoms with van der Waals surface area (Å²) in [5.74, 6) is 0.752. The maximum atomic E-state index is 12.3. The number of hydrogen-bond donors (Lipinski definition) is 1. The average molecular weight is 324 g/mol. The van der Waals surface area contributed by atoms with Crippen LogP contribution >= 0.6 is 0 Å². The van der Waals surface area contributed by atoms with Gasteiger partial charge in [0.1, 0.15) is 5.75 Å². The van der Waals surface area contributed by atoms with Crippen LogP contribution in [-0.4, -0.2) is 26.1 Å². The van der Waals surface area contributed by atoms with Gasteiger partial charge in [0.25, 0.3) is 0 Å². The van der Waals surface area contributed by atoms with Crippen LogP contribution in [0.15, 0.2) is 42.5 Å². The molecule has 1 aliphatic rings. The zero-order valence-corrected chi connectivity index (χ0v) is 14.3. The maximum absolute atomic E-state index is 12.3. The largest absolute Gasteiger partial charge is 0.497 e. The van der Waals surface area contributed by atoms with E-state index in [1.807, 2.05) is 30.3 Å². The maximum Gasteiger partial charge on any atom is 0.228 e. The Bertz CT molecular complexity index is 721. The first-order valence-corrected chi connectivity index (χ1v) is 8.44. The molecule has 1 heterocycles. The van der Waals surface area contributed by atoms with E-state index in [1.54, 1.807) is 7.11 Å².